The molecule has 2 rings (SSSR count). The molecule has 0 amide bonds. The maximum absolute atomic E-state index is 4.64. The van der Waals surface area contributed by atoms with Crippen molar-refractivity contribution in [1.29, 1.82) is 0 Å². The lowest BCUT2D eigenvalue weighted by Gasteiger charge is -2.32. The molecule has 2 nitrogen and oxygen atoms in total. The Morgan fingerprint density at radius 1 is 1.50 bits per heavy atom. The molecule has 1 aliphatic carbocycles. The minimum Gasteiger partial charge on any atom is -0.304 e. The number of rotatable bonds is 3. The standard InChI is InChI=1S/C13H22N2S/c1-5-13(3,4)15-11-8-6-7-10-12(11)16-9(2)14-10/h11,15H,5-8H2,1-4H3. The molecule has 16 heavy (non-hydrogen) atoms. The van der Waals surface area contributed by atoms with E-state index < -0.39 is 0 Å². The van der Waals surface area contributed by atoms with Crippen molar-refractivity contribution in [2.75, 3.05) is 0 Å². The first-order valence-electron chi connectivity index (χ1n) is 6.26. The Balaban J connectivity index is 2.18. The fraction of sp³-hybridized carbons (Fsp3) is 0.769. The van der Waals surface area contributed by atoms with Crippen molar-refractivity contribution in [3.63, 3.8) is 0 Å². The van der Waals surface area contributed by atoms with E-state index in [1.54, 1.807) is 0 Å². The molecule has 3 heteroatoms. The van der Waals surface area contributed by atoms with E-state index in [4.69, 9.17) is 0 Å². The third-order valence-corrected chi connectivity index (χ3v) is 4.63. The average molecular weight is 238 g/mol. The summed E-state index contributed by atoms with van der Waals surface area (Å²) < 4.78 is 0. The Morgan fingerprint density at radius 3 is 2.94 bits per heavy atom. The number of aryl methyl sites for hydroxylation is 2. The van der Waals surface area contributed by atoms with Gasteiger partial charge in [-0.1, -0.05) is 6.92 Å². The van der Waals surface area contributed by atoms with Gasteiger partial charge >= 0.3 is 0 Å². The minimum absolute atomic E-state index is 0.233. The molecule has 1 atom stereocenters. The molecule has 90 valence electrons. The van der Waals surface area contributed by atoms with Crippen LogP contribution in [0.15, 0.2) is 0 Å². The third-order valence-electron chi connectivity index (χ3n) is 3.51. The van der Waals surface area contributed by atoms with E-state index in [0.717, 1.165) is 6.42 Å². The molecule has 0 spiro atoms. The third kappa shape index (κ3) is 2.46. The molecular weight excluding hydrogens is 216 g/mol. The van der Waals surface area contributed by atoms with Gasteiger partial charge < -0.3 is 5.32 Å². The predicted octanol–water partition coefficient (Wildman–Crippen LogP) is 3.61. The van der Waals surface area contributed by atoms with Gasteiger partial charge in [0.15, 0.2) is 0 Å². The summed E-state index contributed by atoms with van der Waals surface area (Å²) in [6.45, 7) is 8.93. The zero-order valence-corrected chi connectivity index (χ0v) is 11.6. The maximum atomic E-state index is 4.64. The monoisotopic (exact) mass is 238 g/mol. The van der Waals surface area contributed by atoms with Gasteiger partial charge in [-0.15, -0.1) is 11.3 Å². The normalized spacial score (nSPS) is 20.9. The number of thiazole rings is 1. The van der Waals surface area contributed by atoms with Crippen molar-refractivity contribution < 1.29 is 0 Å². The summed E-state index contributed by atoms with van der Waals surface area (Å²) in [5.74, 6) is 0. The molecule has 1 N–H and O–H groups in total. The number of hydrogen-bond donors (Lipinski definition) is 1. The van der Waals surface area contributed by atoms with E-state index in [-0.39, 0.29) is 5.54 Å². The highest BCUT2D eigenvalue weighted by Crippen LogP contribution is 2.35. The van der Waals surface area contributed by atoms with E-state index >= 15 is 0 Å². The number of aromatic nitrogens is 1. The Kier molecular flexibility index (Phi) is 3.36. The van der Waals surface area contributed by atoms with Crippen molar-refractivity contribution >= 4 is 11.3 Å². The van der Waals surface area contributed by atoms with E-state index in [2.05, 4.69) is 38.0 Å². The van der Waals surface area contributed by atoms with E-state index in [9.17, 15) is 0 Å². The predicted molar refractivity (Wildman–Crippen MR) is 70.0 cm³/mol. The van der Waals surface area contributed by atoms with Crippen LogP contribution in [0.25, 0.3) is 0 Å². The molecule has 1 heterocycles. The van der Waals surface area contributed by atoms with Crippen LogP contribution in [0, 0.1) is 6.92 Å². The summed E-state index contributed by atoms with van der Waals surface area (Å²) in [5, 5.41) is 5.00. The summed E-state index contributed by atoms with van der Waals surface area (Å²) in [5.41, 5.74) is 1.58. The first-order chi connectivity index (χ1) is 7.52. The molecule has 0 aliphatic heterocycles. The lowest BCUT2D eigenvalue weighted by Crippen LogP contribution is -2.41. The van der Waals surface area contributed by atoms with Crippen LogP contribution >= 0.6 is 11.3 Å². The van der Waals surface area contributed by atoms with Crippen LogP contribution in [0.1, 0.15) is 61.7 Å². The second-order valence-electron chi connectivity index (χ2n) is 5.37. The van der Waals surface area contributed by atoms with E-state index in [0.29, 0.717) is 6.04 Å². The highest BCUT2D eigenvalue weighted by Gasteiger charge is 2.27. The van der Waals surface area contributed by atoms with Crippen LogP contribution in [0.4, 0.5) is 0 Å². The molecule has 0 saturated heterocycles. The first kappa shape index (κ1) is 12.1. The summed E-state index contributed by atoms with van der Waals surface area (Å²) >= 11 is 1.88. The molecule has 0 aromatic carbocycles. The largest absolute Gasteiger partial charge is 0.304 e. The van der Waals surface area contributed by atoms with Crippen molar-refractivity contribution in [3.8, 4) is 0 Å². The van der Waals surface area contributed by atoms with Crippen molar-refractivity contribution in [2.24, 2.45) is 0 Å². The Hall–Kier alpha value is -0.410. The van der Waals surface area contributed by atoms with Crippen molar-refractivity contribution in [1.82, 2.24) is 10.3 Å². The second-order valence-corrected chi connectivity index (χ2v) is 6.61. The SMILES string of the molecule is CCC(C)(C)NC1CCCc2nc(C)sc21. The lowest BCUT2D eigenvalue weighted by atomic mass is 9.93. The van der Waals surface area contributed by atoms with Crippen molar-refractivity contribution in [2.45, 2.75) is 65.0 Å². The molecule has 0 fully saturated rings. The van der Waals surface area contributed by atoms with Gasteiger partial charge in [0.2, 0.25) is 0 Å². The maximum Gasteiger partial charge on any atom is 0.0900 e. The molecule has 1 aromatic rings. The zero-order chi connectivity index (χ0) is 11.8. The van der Waals surface area contributed by atoms with Crippen LogP contribution in [0.3, 0.4) is 0 Å². The second kappa shape index (κ2) is 4.46. The number of nitrogens with one attached hydrogen (secondary N) is 1. The quantitative estimate of drug-likeness (QED) is 0.870. The van der Waals surface area contributed by atoms with Gasteiger partial charge in [0.05, 0.1) is 10.7 Å². The van der Waals surface area contributed by atoms with Gasteiger partial charge in [-0.3, -0.25) is 0 Å². The Labute approximate surface area is 102 Å². The van der Waals surface area contributed by atoms with Crippen LogP contribution in [0.5, 0.6) is 0 Å². The number of nitrogens with zero attached hydrogens (tertiary/aromatic N) is 1. The van der Waals surface area contributed by atoms with Gasteiger partial charge in [-0.2, -0.15) is 0 Å². The number of fused-ring (bicyclic) bond motifs is 1. The fourth-order valence-electron chi connectivity index (χ4n) is 2.25. The summed E-state index contributed by atoms with van der Waals surface area (Å²) in [7, 11) is 0. The van der Waals surface area contributed by atoms with Gasteiger partial charge in [0.1, 0.15) is 0 Å². The van der Waals surface area contributed by atoms with Gasteiger partial charge in [0, 0.05) is 16.5 Å². The van der Waals surface area contributed by atoms with Gasteiger partial charge in [-0.25, -0.2) is 4.98 Å². The van der Waals surface area contributed by atoms with E-state index in [1.807, 2.05) is 11.3 Å². The van der Waals surface area contributed by atoms with Crippen molar-refractivity contribution in [3.05, 3.63) is 15.6 Å². The van der Waals surface area contributed by atoms with Crippen LogP contribution in [-0.4, -0.2) is 10.5 Å². The molecule has 1 aromatic heterocycles. The molecular formula is C13H22N2S. The van der Waals surface area contributed by atoms with Gasteiger partial charge in [-0.05, 0) is 46.5 Å². The Bertz CT molecular complexity index is 368. The highest BCUT2D eigenvalue weighted by molar-refractivity contribution is 7.11. The molecule has 1 unspecified atom stereocenters. The van der Waals surface area contributed by atoms with Gasteiger partial charge in [0.25, 0.3) is 0 Å². The smallest absolute Gasteiger partial charge is 0.0900 e. The lowest BCUT2D eigenvalue weighted by molar-refractivity contribution is 0.308. The van der Waals surface area contributed by atoms with Crippen LogP contribution in [-0.2, 0) is 6.42 Å². The summed E-state index contributed by atoms with van der Waals surface area (Å²) in [4.78, 5) is 6.13. The minimum atomic E-state index is 0.233. The topological polar surface area (TPSA) is 24.9 Å². The molecule has 0 saturated carbocycles. The van der Waals surface area contributed by atoms with E-state index in [1.165, 1.54) is 34.8 Å². The summed E-state index contributed by atoms with van der Waals surface area (Å²) in [6, 6.07) is 0.532. The average Bonchev–Trinajstić information content (AvgIpc) is 2.59. The Morgan fingerprint density at radius 2 is 2.25 bits per heavy atom. The zero-order valence-electron chi connectivity index (χ0n) is 10.8. The van der Waals surface area contributed by atoms with Crippen LogP contribution in [0.2, 0.25) is 0 Å². The first-order valence-corrected chi connectivity index (χ1v) is 7.07. The summed E-state index contributed by atoms with van der Waals surface area (Å²) in [6.07, 6.45) is 4.87. The fourth-order valence-corrected chi connectivity index (χ4v) is 3.31. The molecule has 0 bridgehead atoms. The molecule has 1 aliphatic rings. The highest BCUT2D eigenvalue weighted by atomic mass is 32.1. The van der Waals surface area contributed by atoms with Crippen LogP contribution < -0.4 is 5.32 Å². The molecule has 0 radical (unpaired) electrons. The number of hydrogen-bond acceptors (Lipinski definition) is 3.